The Hall–Kier alpha value is -0.0800. The van der Waals surface area contributed by atoms with E-state index in [4.69, 9.17) is 0 Å². The summed E-state index contributed by atoms with van der Waals surface area (Å²) in [5.74, 6) is 2.97. The average Bonchev–Trinajstić information content (AvgIpc) is 2.79. The molecule has 0 spiro atoms. The molecule has 3 fully saturated rings. The Labute approximate surface area is 106 Å². The minimum Gasteiger partial charge on any atom is -0.314 e. The Morgan fingerprint density at radius 2 is 1.88 bits per heavy atom. The highest BCUT2D eigenvalue weighted by Gasteiger charge is 2.33. The maximum Gasteiger partial charge on any atom is 0.0120 e. The first kappa shape index (κ1) is 12.0. The van der Waals surface area contributed by atoms with Crippen LogP contribution in [0.25, 0.3) is 0 Å². The van der Waals surface area contributed by atoms with Gasteiger partial charge in [-0.1, -0.05) is 19.8 Å². The molecule has 2 saturated heterocycles. The largest absolute Gasteiger partial charge is 0.314 e. The van der Waals surface area contributed by atoms with Gasteiger partial charge in [-0.15, -0.1) is 0 Å². The van der Waals surface area contributed by atoms with Crippen molar-refractivity contribution in [3.8, 4) is 0 Å². The van der Waals surface area contributed by atoms with Gasteiger partial charge < -0.3 is 10.2 Å². The molecule has 3 aliphatic rings. The summed E-state index contributed by atoms with van der Waals surface area (Å²) < 4.78 is 0. The highest BCUT2D eigenvalue weighted by atomic mass is 15.2. The molecule has 1 aliphatic carbocycles. The summed E-state index contributed by atoms with van der Waals surface area (Å²) in [7, 11) is 0. The topological polar surface area (TPSA) is 15.3 Å². The third-order valence-electron chi connectivity index (χ3n) is 5.39. The van der Waals surface area contributed by atoms with Crippen molar-refractivity contribution in [3.63, 3.8) is 0 Å². The number of piperidine rings is 1. The van der Waals surface area contributed by atoms with Crippen molar-refractivity contribution < 1.29 is 0 Å². The molecule has 98 valence electrons. The highest BCUT2D eigenvalue weighted by molar-refractivity contribution is 4.90. The van der Waals surface area contributed by atoms with Gasteiger partial charge in [0.15, 0.2) is 0 Å². The summed E-state index contributed by atoms with van der Waals surface area (Å²) in [6.07, 6.45) is 8.75. The molecule has 2 aliphatic heterocycles. The Balaban J connectivity index is 1.46. The molecule has 0 radical (unpaired) electrons. The lowest BCUT2D eigenvalue weighted by molar-refractivity contribution is 0.123. The van der Waals surface area contributed by atoms with Gasteiger partial charge in [0.05, 0.1) is 0 Å². The van der Waals surface area contributed by atoms with Gasteiger partial charge in [0.2, 0.25) is 0 Å². The lowest BCUT2D eigenvalue weighted by Crippen LogP contribution is -2.46. The van der Waals surface area contributed by atoms with Crippen LogP contribution in [0.4, 0.5) is 0 Å². The van der Waals surface area contributed by atoms with Crippen LogP contribution >= 0.6 is 0 Å². The first-order valence-corrected chi connectivity index (χ1v) is 7.77. The van der Waals surface area contributed by atoms with E-state index in [2.05, 4.69) is 17.1 Å². The first-order chi connectivity index (χ1) is 8.31. The molecule has 0 bridgehead atoms. The number of rotatable bonds is 2. The van der Waals surface area contributed by atoms with E-state index in [1.54, 1.807) is 0 Å². The van der Waals surface area contributed by atoms with Gasteiger partial charge in [0.25, 0.3) is 0 Å². The minimum atomic E-state index is 0.859. The Bertz CT molecular complexity index is 245. The third-order valence-corrected chi connectivity index (χ3v) is 5.39. The zero-order valence-corrected chi connectivity index (χ0v) is 11.3. The van der Waals surface area contributed by atoms with E-state index in [1.165, 1.54) is 64.7 Å². The van der Waals surface area contributed by atoms with E-state index in [1.807, 2.05) is 0 Å². The summed E-state index contributed by atoms with van der Waals surface area (Å²) >= 11 is 0. The van der Waals surface area contributed by atoms with Gasteiger partial charge in [0.1, 0.15) is 0 Å². The molecule has 2 nitrogen and oxygen atoms in total. The van der Waals surface area contributed by atoms with Gasteiger partial charge in [-0.3, -0.25) is 0 Å². The molecule has 0 aromatic heterocycles. The Morgan fingerprint density at radius 1 is 1.06 bits per heavy atom. The second-order valence-corrected chi connectivity index (χ2v) is 6.78. The molecule has 1 saturated carbocycles. The van der Waals surface area contributed by atoms with Crippen LogP contribution < -0.4 is 5.32 Å². The number of hydrogen-bond donors (Lipinski definition) is 1. The molecule has 0 amide bonds. The van der Waals surface area contributed by atoms with Crippen LogP contribution in [0.1, 0.15) is 45.4 Å². The van der Waals surface area contributed by atoms with Crippen molar-refractivity contribution >= 4 is 0 Å². The van der Waals surface area contributed by atoms with E-state index < -0.39 is 0 Å². The predicted octanol–water partition coefficient (Wildman–Crippen LogP) is 2.50. The second-order valence-electron chi connectivity index (χ2n) is 6.78. The summed E-state index contributed by atoms with van der Waals surface area (Å²) in [5.41, 5.74) is 0. The summed E-state index contributed by atoms with van der Waals surface area (Å²) in [6.45, 7) is 7.82. The summed E-state index contributed by atoms with van der Waals surface area (Å²) in [6, 6.07) is 0.859. The zero-order chi connectivity index (χ0) is 11.7. The lowest BCUT2D eigenvalue weighted by Gasteiger charge is -2.38. The summed E-state index contributed by atoms with van der Waals surface area (Å²) in [4.78, 5) is 2.77. The molecule has 2 heterocycles. The molecule has 2 unspecified atom stereocenters. The second kappa shape index (κ2) is 5.27. The fourth-order valence-corrected chi connectivity index (χ4v) is 4.17. The predicted molar refractivity (Wildman–Crippen MR) is 72.1 cm³/mol. The zero-order valence-electron chi connectivity index (χ0n) is 11.3. The van der Waals surface area contributed by atoms with Gasteiger partial charge in [0, 0.05) is 19.1 Å². The number of likely N-dealkylation sites (tertiary alicyclic amines) is 1. The minimum absolute atomic E-state index is 0.859. The highest BCUT2D eigenvalue weighted by Crippen LogP contribution is 2.31. The first-order valence-electron chi connectivity index (χ1n) is 7.77. The van der Waals surface area contributed by atoms with Gasteiger partial charge in [-0.05, 0) is 56.5 Å². The average molecular weight is 236 g/mol. The van der Waals surface area contributed by atoms with E-state index in [0.717, 1.165) is 23.8 Å². The molecule has 17 heavy (non-hydrogen) atoms. The molecule has 2 atom stereocenters. The van der Waals surface area contributed by atoms with Crippen molar-refractivity contribution in [1.82, 2.24) is 10.2 Å². The van der Waals surface area contributed by atoms with E-state index in [0.29, 0.717) is 0 Å². The Kier molecular flexibility index (Phi) is 3.72. The normalized spacial score (nSPS) is 43.6. The number of fused-ring (bicyclic) bond motifs is 1. The fraction of sp³-hybridized carbons (Fsp3) is 1.00. The third kappa shape index (κ3) is 2.85. The van der Waals surface area contributed by atoms with Crippen molar-refractivity contribution in [2.45, 2.75) is 51.5 Å². The van der Waals surface area contributed by atoms with Crippen LogP contribution in [0.5, 0.6) is 0 Å². The van der Waals surface area contributed by atoms with Crippen LogP contribution in [0.3, 0.4) is 0 Å². The molecule has 2 heteroatoms. The maximum absolute atomic E-state index is 3.66. The number of nitrogens with zero attached hydrogens (tertiary/aromatic N) is 1. The summed E-state index contributed by atoms with van der Waals surface area (Å²) in [5, 5.41) is 3.66. The van der Waals surface area contributed by atoms with Crippen LogP contribution in [-0.2, 0) is 0 Å². The number of nitrogens with one attached hydrogen (secondary N) is 1. The number of hydrogen-bond acceptors (Lipinski definition) is 2. The molecule has 0 aromatic carbocycles. The lowest BCUT2D eigenvalue weighted by atomic mass is 9.82. The van der Waals surface area contributed by atoms with Crippen molar-refractivity contribution in [2.75, 3.05) is 26.2 Å². The fourth-order valence-electron chi connectivity index (χ4n) is 4.17. The molecule has 0 aromatic rings. The van der Waals surface area contributed by atoms with E-state index in [9.17, 15) is 0 Å². The maximum atomic E-state index is 3.66. The van der Waals surface area contributed by atoms with Gasteiger partial charge in [-0.2, -0.15) is 0 Å². The van der Waals surface area contributed by atoms with Crippen molar-refractivity contribution in [3.05, 3.63) is 0 Å². The quantitative estimate of drug-likeness (QED) is 0.792. The van der Waals surface area contributed by atoms with Crippen molar-refractivity contribution in [2.24, 2.45) is 17.8 Å². The smallest absolute Gasteiger partial charge is 0.0120 e. The van der Waals surface area contributed by atoms with Gasteiger partial charge in [-0.25, -0.2) is 0 Å². The van der Waals surface area contributed by atoms with Crippen LogP contribution in [-0.4, -0.2) is 37.1 Å². The molecular formula is C15H28N2. The molecule has 1 N–H and O–H groups in total. The van der Waals surface area contributed by atoms with Crippen LogP contribution in [0.15, 0.2) is 0 Å². The van der Waals surface area contributed by atoms with Gasteiger partial charge >= 0.3 is 0 Å². The SMILES string of the molecule is CC1CCC(CN2CCC3NCCC3C2)CC1. The Morgan fingerprint density at radius 3 is 2.71 bits per heavy atom. The van der Waals surface area contributed by atoms with Crippen LogP contribution in [0.2, 0.25) is 0 Å². The van der Waals surface area contributed by atoms with Crippen molar-refractivity contribution in [1.29, 1.82) is 0 Å². The van der Waals surface area contributed by atoms with E-state index in [-0.39, 0.29) is 0 Å². The van der Waals surface area contributed by atoms with Crippen LogP contribution in [0, 0.1) is 17.8 Å². The standard InChI is InChI=1S/C15H28N2/c1-12-2-4-13(5-3-12)10-17-9-7-15-14(11-17)6-8-16-15/h12-16H,2-11H2,1H3. The monoisotopic (exact) mass is 236 g/mol. The molecule has 3 rings (SSSR count). The molecular weight excluding hydrogens is 208 g/mol. The van der Waals surface area contributed by atoms with E-state index >= 15 is 0 Å².